The normalized spacial score (nSPS) is 18.3. The monoisotopic (exact) mass is 309 g/mol. The van der Waals surface area contributed by atoms with Gasteiger partial charge in [-0.15, -0.1) is 0 Å². The standard InChI is InChI=1S/C21H27NO/c1-17(2)13-20(21-16-23-21)22(14-18-9-5-3-6-10-18)15-19-11-7-4-8-12-19/h3-12,17,20-21H,13-16H2,1-2H3/t20-,21+/m0/s1. The molecule has 1 saturated heterocycles. The van der Waals surface area contributed by atoms with E-state index in [1.807, 2.05) is 0 Å². The molecule has 0 unspecified atom stereocenters. The highest BCUT2D eigenvalue weighted by atomic mass is 16.6. The van der Waals surface area contributed by atoms with Gasteiger partial charge in [-0.25, -0.2) is 0 Å². The molecular formula is C21H27NO. The van der Waals surface area contributed by atoms with Gasteiger partial charge in [-0.3, -0.25) is 4.90 Å². The summed E-state index contributed by atoms with van der Waals surface area (Å²) in [6, 6.07) is 22.0. The summed E-state index contributed by atoms with van der Waals surface area (Å²) in [5.74, 6) is 0.679. The quantitative estimate of drug-likeness (QED) is 0.667. The molecule has 0 radical (unpaired) electrons. The van der Waals surface area contributed by atoms with Crippen LogP contribution in [0.15, 0.2) is 60.7 Å². The SMILES string of the molecule is CC(C)C[C@@H]([C@H]1CO1)N(Cc1ccccc1)Cc1ccccc1. The van der Waals surface area contributed by atoms with E-state index in [2.05, 4.69) is 79.4 Å². The van der Waals surface area contributed by atoms with Gasteiger partial charge in [0.2, 0.25) is 0 Å². The summed E-state index contributed by atoms with van der Waals surface area (Å²) in [6.45, 7) is 7.48. The zero-order chi connectivity index (χ0) is 16.1. The molecule has 3 rings (SSSR count). The molecule has 1 fully saturated rings. The lowest BCUT2D eigenvalue weighted by atomic mass is 9.98. The van der Waals surface area contributed by atoms with Crippen LogP contribution < -0.4 is 0 Å². The number of benzene rings is 2. The molecular weight excluding hydrogens is 282 g/mol. The fraction of sp³-hybridized carbons (Fsp3) is 0.429. The molecule has 0 amide bonds. The van der Waals surface area contributed by atoms with Gasteiger partial charge >= 0.3 is 0 Å². The average molecular weight is 309 g/mol. The summed E-state index contributed by atoms with van der Waals surface area (Å²) >= 11 is 0. The van der Waals surface area contributed by atoms with Gasteiger partial charge in [0.15, 0.2) is 0 Å². The third-order valence-electron chi connectivity index (χ3n) is 4.43. The molecule has 23 heavy (non-hydrogen) atoms. The molecule has 122 valence electrons. The highest BCUT2D eigenvalue weighted by molar-refractivity contribution is 5.17. The number of rotatable bonds is 8. The van der Waals surface area contributed by atoms with E-state index >= 15 is 0 Å². The molecule has 0 aromatic heterocycles. The van der Waals surface area contributed by atoms with Gasteiger partial charge in [0.25, 0.3) is 0 Å². The van der Waals surface area contributed by atoms with E-state index < -0.39 is 0 Å². The third-order valence-corrected chi connectivity index (χ3v) is 4.43. The molecule has 2 heteroatoms. The first-order valence-electron chi connectivity index (χ1n) is 8.66. The van der Waals surface area contributed by atoms with E-state index in [-0.39, 0.29) is 0 Å². The Bertz CT molecular complexity index is 536. The molecule has 2 aromatic carbocycles. The lowest BCUT2D eigenvalue weighted by molar-refractivity contribution is 0.126. The van der Waals surface area contributed by atoms with Crippen LogP contribution in [-0.4, -0.2) is 23.7 Å². The van der Waals surface area contributed by atoms with Crippen molar-refractivity contribution in [3.05, 3.63) is 71.8 Å². The summed E-state index contributed by atoms with van der Waals surface area (Å²) in [5.41, 5.74) is 2.75. The molecule has 1 aliphatic heterocycles. The van der Waals surface area contributed by atoms with Crippen molar-refractivity contribution < 1.29 is 4.74 Å². The van der Waals surface area contributed by atoms with E-state index in [4.69, 9.17) is 4.74 Å². The van der Waals surface area contributed by atoms with Crippen molar-refractivity contribution in [2.45, 2.75) is 45.5 Å². The fourth-order valence-corrected chi connectivity index (χ4v) is 3.22. The molecule has 0 bridgehead atoms. The van der Waals surface area contributed by atoms with Crippen LogP contribution in [0, 0.1) is 5.92 Å². The average Bonchev–Trinajstić information content (AvgIpc) is 3.39. The molecule has 0 aliphatic carbocycles. The van der Waals surface area contributed by atoms with Crippen molar-refractivity contribution in [2.75, 3.05) is 6.61 Å². The molecule has 2 atom stereocenters. The zero-order valence-corrected chi connectivity index (χ0v) is 14.2. The van der Waals surface area contributed by atoms with Gasteiger partial charge in [0, 0.05) is 19.1 Å². The first kappa shape index (κ1) is 16.2. The van der Waals surface area contributed by atoms with Gasteiger partial charge in [-0.2, -0.15) is 0 Å². The molecule has 2 nitrogen and oxygen atoms in total. The van der Waals surface area contributed by atoms with Crippen molar-refractivity contribution in [2.24, 2.45) is 5.92 Å². The largest absolute Gasteiger partial charge is 0.371 e. The minimum Gasteiger partial charge on any atom is -0.371 e. The summed E-state index contributed by atoms with van der Waals surface area (Å²) in [5, 5.41) is 0. The molecule has 0 spiro atoms. The Morgan fingerprint density at radius 2 is 1.39 bits per heavy atom. The second-order valence-electron chi connectivity index (χ2n) is 6.94. The predicted molar refractivity (Wildman–Crippen MR) is 95.1 cm³/mol. The van der Waals surface area contributed by atoms with Crippen LogP contribution >= 0.6 is 0 Å². The summed E-state index contributed by atoms with van der Waals surface area (Å²) < 4.78 is 5.69. The fourth-order valence-electron chi connectivity index (χ4n) is 3.22. The van der Waals surface area contributed by atoms with Crippen LogP contribution in [0.1, 0.15) is 31.4 Å². The van der Waals surface area contributed by atoms with E-state index in [1.165, 1.54) is 17.5 Å². The van der Waals surface area contributed by atoms with Crippen LogP contribution in [0.2, 0.25) is 0 Å². The number of hydrogen-bond acceptors (Lipinski definition) is 2. The lowest BCUT2D eigenvalue weighted by Gasteiger charge is -2.32. The molecule has 0 N–H and O–H groups in total. The highest BCUT2D eigenvalue weighted by Crippen LogP contribution is 2.28. The van der Waals surface area contributed by atoms with Crippen LogP contribution in [0.4, 0.5) is 0 Å². The highest BCUT2D eigenvalue weighted by Gasteiger charge is 2.37. The Morgan fingerprint density at radius 1 is 0.913 bits per heavy atom. The third kappa shape index (κ3) is 4.92. The zero-order valence-electron chi connectivity index (χ0n) is 14.2. The maximum atomic E-state index is 5.69. The molecule has 1 heterocycles. The Hall–Kier alpha value is -1.64. The van der Waals surface area contributed by atoms with Crippen molar-refractivity contribution in [1.29, 1.82) is 0 Å². The van der Waals surface area contributed by atoms with Crippen LogP contribution in [0.3, 0.4) is 0 Å². The van der Waals surface area contributed by atoms with Crippen molar-refractivity contribution >= 4 is 0 Å². The van der Waals surface area contributed by atoms with Crippen LogP contribution in [-0.2, 0) is 17.8 Å². The Labute approximate surface area is 140 Å². The lowest BCUT2D eigenvalue weighted by Crippen LogP contribution is -2.39. The predicted octanol–water partition coefficient (Wildman–Crippen LogP) is 4.50. The maximum absolute atomic E-state index is 5.69. The Kier molecular flexibility index (Phi) is 5.47. The van der Waals surface area contributed by atoms with E-state index in [1.54, 1.807) is 0 Å². The van der Waals surface area contributed by atoms with Crippen molar-refractivity contribution in [1.82, 2.24) is 4.90 Å². The minimum atomic E-state index is 0.407. The Morgan fingerprint density at radius 3 is 1.78 bits per heavy atom. The summed E-state index contributed by atoms with van der Waals surface area (Å²) in [4.78, 5) is 2.60. The minimum absolute atomic E-state index is 0.407. The number of hydrogen-bond donors (Lipinski definition) is 0. The molecule has 1 aliphatic rings. The van der Waals surface area contributed by atoms with Crippen molar-refractivity contribution in [3.8, 4) is 0 Å². The second kappa shape index (κ2) is 7.76. The van der Waals surface area contributed by atoms with Gasteiger partial charge in [-0.05, 0) is 23.5 Å². The number of ether oxygens (including phenoxy) is 1. The van der Waals surface area contributed by atoms with Crippen molar-refractivity contribution in [3.63, 3.8) is 0 Å². The van der Waals surface area contributed by atoms with Crippen LogP contribution in [0.25, 0.3) is 0 Å². The van der Waals surface area contributed by atoms with Gasteiger partial charge in [-0.1, -0.05) is 74.5 Å². The first-order chi connectivity index (χ1) is 11.2. The van der Waals surface area contributed by atoms with Gasteiger partial charge < -0.3 is 4.74 Å². The maximum Gasteiger partial charge on any atom is 0.0964 e. The topological polar surface area (TPSA) is 15.8 Å². The second-order valence-corrected chi connectivity index (χ2v) is 6.94. The molecule has 0 saturated carbocycles. The number of epoxide rings is 1. The number of nitrogens with zero attached hydrogens (tertiary/aromatic N) is 1. The summed E-state index contributed by atoms with van der Waals surface area (Å²) in [6.07, 6.45) is 1.59. The van der Waals surface area contributed by atoms with Gasteiger partial charge in [0.1, 0.15) is 0 Å². The summed E-state index contributed by atoms with van der Waals surface area (Å²) in [7, 11) is 0. The van der Waals surface area contributed by atoms with Gasteiger partial charge in [0.05, 0.1) is 12.7 Å². The molecule has 2 aromatic rings. The van der Waals surface area contributed by atoms with E-state index in [9.17, 15) is 0 Å². The van der Waals surface area contributed by atoms with E-state index in [0.717, 1.165) is 19.7 Å². The van der Waals surface area contributed by atoms with Crippen LogP contribution in [0.5, 0.6) is 0 Å². The Balaban J connectivity index is 1.79. The first-order valence-corrected chi connectivity index (χ1v) is 8.66. The smallest absolute Gasteiger partial charge is 0.0964 e. The van der Waals surface area contributed by atoms with E-state index in [0.29, 0.717) is 18.1 Å².